The fraction of sp³-hybridized carbons (Fsp3) is 0.407. The average molecular weight is 1050 g/mol. The normalized spacial score (nSPS) is 18.1. The van der Waals surface area contributed by atoms with Gasteiger partial charge < -0.3 is 33.5 Å². The van der Waals surface area contributed by atoms with E-state index in [9.17, 15) is 9.18 Å². The first-order chi connectivity index (χ1) is 35.2. The van der Waals surface area contributed by atoms with E-state index in [1.54, 1.807) is 98.2 Å². The van der Waals surface area contributed by atoms with E-state index in [0.717, 1.165) is 12.5 Å². The number of aromatic nitrogens is 3. The number of nitrogens with zero attached hydrogens (tertiary/aromatic N) is 6. The minimum absolute atomic E-state index is 0.00119. The number of ether oxygens (including phenoxy) is 5. The standard InChI is InChI=1S/C54H56ClF6N7O6/c1-30-24-38(66(26-32-11-15-35(70-6)16-12-32)27-33-13-17-36(71-7)18-14-33)44(57)39(42(30)54(59,60)61)40-43(55)47-41-46(45(40)58)63-50(73-29-53-19-9-21-67(53)28-34(56)25-53)65-49(41)68(22-23-72-47)31(2)37-10-8-20-62-48(37)64-51(69)74-52(3,4)5/h8,10-18,20,24,31,34H,9,19,21-23,25-29H2,1-7H3,(H,62,64,69)/t31-,34-,53+/m1/s1. The number of hydrogen-bond acceptors (Lipinski definition) is 12. The van der Waals surface area contributed by atoms with Crippen molar-refractivity contribution in [3.05, 3.63) is 117 Å². The summed E-state index contributed by atoms with van der Waals surface area (Å²) in [5.74, 6) is -1.85. The molecule has 74 heavy (non-hydrogen) atoms. The third kappa shape index (κ3) is 10.4. The largest absolute Gasteiger partial charge is 0.497 e. The molecule has 392 valence electrons. The Morgan fingerprint density at radius 1 is 0.959 bits per heavy atom. The third-order valence-corrected chi connectivity index (χ3v) is 14.1. The molecule has 0 bridgehead atoms. The maximum Gasteiger partial charge on any atom is 0.417 e. The van der Waals surface area contributed by atoms with Gasteiger partial charge in [-0.2, -0.15) is 23.1 Å². The van der Waals surface area contributed by atoms with E-state index in [1.807, 2.05) is 4.90 Å². The van der Waals surface area contributed by atoms with Crippen molar-refractivity contribution >= 4 is 45.9 Å². The number of alkyl halides is 4. The monoisotopic (exact) mass is 1050 g/mol. The van der Waals surface area contributed by atoms with Crippen molar-refractivity contribution in [3.63, 3.8) is 0 Å². The minimum Gasteiger partial charge on any atom is -0.497 e. The Kier molecular flexibility index (Phi) is 14.5. The molecule has 2 aromatic heterocycles. The van der Waals surface area contributed by atoms with Gasteiger partial charge in [0, 0.05) is 48.9 Å². The number of benzene rings is 4. The highest BCUT2D eigenvalue weighted by Gasteiger charge is 2.50. The first-order valence-electron chi connectivity index (χ1n) is 24.2. The summed E-state index contributed by atoms with van der Waals surface area (Å²) in [6.45, 7) is 8.69. The van der Waals surface area contributed by atoms with Crippen LogP contribution in [0.4, 0.5) is 48.5 Å². The molecule has 13 nitrogen and oxygen atoms in total. The summed E-state index contributed by atoms with van der Waals surface area (Å²) in [5.41, 5.74) is -4.57. The molecule has 2 fully saturated rings. The molecule has 6 aromatic rings. The number of methoxy groups -OCH3 is 2. The first kappa shape index (κ1) is 52.1. The Bertz CT molecular complexity index is 3020. The van der Waals surface area contributed by atoms with Crippen molar-refractivity contribution in [3.8, 4) is 34.4 Å². The lowest BCUT2D eigenvalue weighted by Crippen LogP contribution is -2.43. The van der Waals surface area contributed by atoms with Crippen LogP contribution in [-0.4, -0.2) is 90.3 Å². The van der Waals surface area contributed by atoms with E-state index < -0.39 is 80.1 Å². The molecule has 5 heterocycles. The maximum absolute atomic E-state index is 18.3. The quantitative estimate of drug-likeness (QED) is 0.104. The number of hydrogen-bond donors (Lipinski definition) is 1. The van der Waals surface area contributed by atoms with Crippen molar-refractivity contribution in [1.82, 2.24) is 19.9 Å². The van der Waals surface area contributed by atoms with Gasteiger partial charge in [0.1, 0.15) is 53.6 Å². The van der Waals surface area contributed by atoms with E-state index >= 15 is 22.0 Å². The van der Waals surface area contributed by atoms with Crippen molar-refractivity contribution in [2.75, 3.05) is 62.2 Å². The van der Waals surface area contributed by atoms with E-state index in [1.165, 1.54) is 27.3 Å². The molecule has 4 aromatic carbocycles. The number of anilines is 3. The number of pyridine rings is 1. The van der Waals surface area contributed by atoms with Crippen molar-refractivity contribution in [1.29, 1.82) is 0 Å². The molecule has 0 spiro atoms. The Labute approximate surface area is 429 Å². The molecule has 0 radical (unpaired) electrons. The molecule has 0 unspecified atom stereocenters. The van der Waals surface area contributed by atoms with Crippen LogP contribution in [0, 0.1) is 18.6 Å². The van der Waals surface area contributed by atoms with E-state index in [2.05, 4.69) is 15.3 Å². The number of amides is 1. The molecule has 1 N–H and O–H groups in total. The number of aryl methyl sites for hydroxylation is 1. The van der Waals surface area contributed by atoms with E-state index in [4.69, 9.17) is 40.3 Å². The fourth-order valence-corrected chi connectivity index (χ4v) is 10.7. The van der Waals surface area contributed by atoms with Gasteiger partial charge in [0.15, 0.2) is 17.4 Å². The smallest absolute Gasteiger partial charge is 0.417 e. The summed E-state index contributed by atoms with van der Waals surface area (Å²) in [4.78, 5) is 32.1. The van der Waals surface area contributed by atoms with Crippen LogP contribution in [0.2, 0.25) is 5.02 Å². The van der Waals surface area contributed by atoms with Crippen LogP contribution < -0.4 is 34.1 Å². The van der Waals surface area contributed by atoms with Crippen molar-refractivity contribution in [2.45, 2.75) is 96.5 Å². The Hall–Kier alpha value is -6.73. The fourth-order valence-electron chi connectivity index (χ4n) is 10.4. The minimum atomic E-state index is -5.23. The van der Waals surface area contributed by atoms with Crippen LogP contribution in [-0.2, 0) is 24.0 Å². The number of rotatable bonds is 14. The second-order valence-electron chi connectivity index (χ2n) is 19.9. The Morgan fingerprint density at radius 2 is 1.62 bits per heavy atom. The number of carbonyl (C=O) groups excluding carboxylic acids is 1. The predicted octanol–water partition coefficient (Wildman–Crippen LogP) is 12.4. The molecular formula is C54H56ClF6N7O6. The lowest BCUT2D eigenvalue weighted by Gasteiger charge is -2.32. The molecule has 3 aliphatic rings. The van der Waals surface area contributed by atoms with Crippen LogP contribution in [0.25, 0.3) is 22.0 Å². The predicted molar refractivity (Wildman–Crippen MR) is 269 cm³/mol. The lowest BCUT2D eigenvalue weighted by atomic mass is 9.91. The number of nitrogens with one attached hydrogen (secondary N) is 1. The van der Waals surface area contributed by atoms with Crippen LogP contribution in [0.3, 0.4) is 0 Å². The van der Waals surface area contributed by atoms with Gasteiger partial charge in [0.05, 0.1) is 54.0 Å². The first-order valence-corrected chi connectivity index (χ1v) is 24.6. The third-order valence-electron chi connectivity index (χ3n) is 13.8. The molecule has 0 aliphatic carbocycles. The molecular weight excluding hydrogens is 992 g/mol. The average Bonchev–Trinajstić information content (AvgIpc) is 3.81. The SMILES string of the molecule is COc1ccc(CN(Cc2ccc(OC)cc2)c2cc(C)c(C(F)(F)F)c(-c3c(Cl)c4c5c(nc(OC[C@@]67CCCN6C[C@H](F)C7)nc5c3F)N([C@H](C)c3cccnc3NC(=O)OC(C)(C)C)CCO4)c2F)cc1. The Balaban J connectivity index is 1.24. The summed E-state index contributed by atoms with van der Waals surface area (Å²) in [6.07, 6.45) is -4.05. The molecule has 3 aliphatic heterocycles. The van der Waals surface area contributed by atoms with Gasteiger partial charge in [-0.1, -0.05) is 41.9 Å². The van der Waals surface area contributed by atoms with Gasteiger partial charge in [-0.05, 0) is 107 Å². The van der Waals surface area contributed by atoms with Gasteiger partial charge in [0.25, 0.3) is 0 Å². The summed E-state index contributed by atoms with van der Waals surface area (Å²) >= 11 is 7.19. The summed E-state index contributed by atoms with van der Waals surface area (Å²) in [5, 5.41) is 1.92. The highest BCUT2D eigenvalue weighted by molar-refractivity contribution is 6.36. The van der Waals surface area contributed by atoms with Gasteiger partial charge in [-0.25, -0.2) is 22.9 Å². The molecule has 3 atom stereocenters. The summed E-state index contributed by atoms with van der Waals surface area (Å²) < 4.78 is 127. The Morgan fingerprint density at radius 3 is 2.24 bits per heavy atom. The van der Waals surface area contributed by atoms with Crippen LogP contribution in [0.1, 0.15) is 80.8 Å². The van der Waals surface area contributed by atoms with Gasteiger partial charge in [-0.3, -0.25) is 10.2 Å². The van der Waals surface area contributed by atoms with Crippen LogP contribution in [0.15, 0.2) is 72.9 Å². The van der Waals surface area contributed by atoms with Crippen molar-refractivity contribution < 1.29 is 54.8 Å². The number of halogens is 7. The van der Waals surface area contributed by atoms with Gasteiger partial charge >= 0.3 is 18.3 Å². The van der Waals surface area contributed by atoms with Crippen molar-refractivity contribution in [2.24, 2.45) is 0 Å². The van der Waals surface area contributed by atoms with E-state index in [0.29, 0.717) is 41.2 Å². The second kappa shape index (κ2) is 20.5. The molecule has 9 rings (SSSR count). The topological polar surface area (TPSA) is 124 Å². The zero-order valence-corrected chi connectivity index (χ0v) is 42.7. The molecule has 1 amide bonds. The zero-order valence-electron chi connectivity index (χ0n) is 41.9. The molecule has 0 saturated carbocycles. The van der Waals surface area contributed by atoms with E-state index in [-0.39, 0.29) is 80.3 Å². The molecule has 2 saturated heterocycles. The number of carbonyl (C=O) groups is 1. The lowest BCUT2D eigenvalue weighted by molar-refractivity contribution is -0.137. The summed E-state index contributed by atoms with van der Waals surface area (Å²) in [7, 11) is 3.02. The van der Waals surface area contributed by atoms with Gasteiger partial charge in [0.2, 0.25) is 0 Å². The zero-order chi connectivity index (χ0) is 52.9. The highest BCUT2D eigenvalue weighted by Crippen LogP contribution is 2.53. The molecule has 20 heteroatoms. The second-order valence-corrected chi connectivity index (χ2v) is 20.2. The highest BCUT2D eigenvalue weighted by atomic mass is 35.5. The van der Waals surface area contributed by atoms with Crippen LogP contribution >= 0.6 is 11.6 Å². The van der Waals surface area contributed by atoms with Gasteiger partial charge in [-0.15, -0.1) is 0 Å². The summed E-state index contributed by atoms with van der Waals surface area (Å²) in [6, 6.07) is 17.2. The number of fused-ring (bicyclic) bond motifs is 1. The maximum atomic E-state index is 18.3. The van der Waals surface area contributed by atoms with Crippen LogP contribution in [0.5, 0.6) is 23.3 Å².